The molecule has 2 N–H and O–H groups in total. The maximum atomic E-state index is 12.4. The highest BCUT2D eigenvalue weighted by atomic mass is 16.5. The molecule has 0 saturated carbocycles. The maximum absolute atomic E-state index is 12.4. The number of nitrogens with zero attached hydrogens (tertiary/aromatic N) is 2. The third-order valence-corrected chi connectivity index (χ3v) is 3.65. The summed E-state index contributed by atoms with van der Waals surface area (Å²) in [6.07, 6.45) is 3.01. The summed E-state index contributed by atoms with van der Waals surface area (Å²) >= 11 is 0. The molecular formula is C17H17N3O5. The van der Waals surface area contributed by atoms with E-state index in [4.69, 9.17) is 14.6 Å². The lowest BCUT2D eigenvalue weighted by Gasteiger charge is -2.13. The normalized spacial score (nSPS) is 15.2. The molecule has 1 amide bonds. The van der Waals surface area contributed by atoms with Gasteiger partial charge in [-0.2, -0.15) is 0 Å². The molecule has 130 valence electrons. The number of hydrogen-bond acceptors (Lipinski definition) is 6. The summed E-state index contributed by atoms with van der Waals surface area (Å²) in [6, 6.07) is 3.58. The standard InChI is InChI=1S/C17H17N3O5/c1-3-24-15-5-10-4-9(2)25-14(10)6-11(15)20-16(21)12-7-19-13(8-18-12)17(22)23/h5-9H,3-4H2,1-2H3,(H,20,21)(H,22,23). The highest BCUT2D eigenvalue weighted by Crippen LogP contribution is 2.38. The van der Waals surface area contributed by atoms with Gasteiger partial charge in [0.05, 0.1) is 24.7 Å². The van der Waals surface area contributed by atoms with E-state index in [2.05, 4.69) is 15.3 Å². The maximum Gasteiger partial charge on any atom is 0.356 e. The van der Waals surface area contributed by atoms with E-state index in [1.54, 1.807) is 6.07 Å². The smallest absolute Gasteiger partial charge is 0.356 e. The third kappa shape index (κ3) is 3.52. The zero-order valence-electron chi connectivity index (χ0n) is 13.8. The molecule has 25 heavy (non-hydrogen) atoms. The average Bonchev–Trinajstić information content (AvgIpc) is 2.94. The molecule has 1 aliphatic rings. The Morgan fingerprint density at radius 2 is 2.04 bits per heavy atom. The number of hydrogen-bond donors (Lipinski definition) is 2. The van der Waals surface area contributed by atoms with Gasteiger partial charge >= 0.3 is 5.97 Å². The van der Waals surface area contributed by atoms with Crippen LogP contribution in [0.4, 0.5) is 5.69 Å². The van der Waals surface area contributed by atoms with Crippen molar-refractivity contribution in [3.63, 3.8) is 0 Å². The van der Waals surface area contributed by atoms with Crippen LogP contribution in [0.1, 0.15) is 40.4 Å². The van der Waals surface area contributed by atoms with Crippen molar-refractivity contribution in [1.82, 2.24) is 9.97 Å². The summed E-state index contributed by atoms with van der Waals surface area (Å²) in [5.41, 5.74) is 1.26. The Hall–Kier alpha value is -3.16. The lowest BCUT2D eigenvalue weighted by Crippen LogP contribution is -2.16. The van der Waals surface area contributed by atoms with Crippen LogP contribution >= 0.6 is 0 Å². The number of nitrogens with one attached hydrogen (secondary N) is 1. The number of aromatic carboxylic acids is 1. The van der Waals surface area contributed by atoms with Gasteiger partial charge in [0.25, 0.3) is 5.91 Å². The summed E-state index contributed by atoms with van der Waals surface area (Å²) in [5.74, 6) is -0.472. The quantitative estimate of drug-likeness (QED) is 0.855. The fourth-order valence-electron chi connectivity index (χ4n) is 2.55. The number of fused-ring (bicyclic) bond motifs is 1. The van der Waals surface area contributed by atoms with Crippen molar-refractivity contribution in [3.8, 4) is 11.5 Å². The molecule has 0 radical (unpaired) electrons. The number of carboxylic acids is 1. The van der Waals surface area contributed by atoms with Crippen molar-refractivity contribution in [3.05, 3.63) is 41.5 Å². The number of carboxylic acid groups (broad SMARTS) is 1. The Morgan fingerprint density at radius 3 is 2.68 bits per heavy atom. The van der Waals surface area contributed by atoms with Gasteiger partial charge < -0.3 is 19.9 Å². The number of benzene rings is 1. The molecule has 1 aliphatic heterocycles. The third-order valence-electron chi connectivity index (χ3n) is 3.65. The van der Waals surface area contributed by atoms with Gasteiger partial charge in [0.1, 0.15) is 23.3 Å². The van der Waals surface area contributed by atoms with E-state index in [0.29, 0.717) is 23.8 Å². The van der Waals surface area contributed by atoms with Crippen molar-refractivity contribution in [1.29, 1.82) is 0 Å². The van der Waals surface area contributed by atoms with Crippen LogP contribution in [0.3, 0.4) is 0 Å². The van der Waals surface area contributed by atoms with Crippen LogP contribution in [0.5, 0.6) is 11.5 Å². The van der Waals surface area contributed by atoms with E-state index in [9.17, 15) is 9.59 Å². The lowest BCUT2D eigenvalue weighted by atomic mass is 10.1. The molecule has 0 aliphatic carbocycles. The topological polar surface area (TPSA) is 111 Å². The number of ether oxygens (including phenoxy) is 2. The molecule has 2 heterocycles. The second-order valence-corrected chi connectivity index (χ2v) is 5.57. The molecule has 8 nitrogen and oxygen atoms in total. The van der Waals surface area contributed by atoms with E-state index in [1.165, 1.54) is 0 Å². The Kier molecular flexibility index (Phi) is 4.51. The Bertz CT molecular complexity index is 820. The van der Waals surface area contributed by atoms with Crippen molar-refractivity contribution >= 4 is 17.6 Å². The monoisotopic (exact) mass is 343 g/mol. The summed E-state index contributed by atoms with van der Waals surface area (Å²) in [4.78, 5) is 30.7. The summed E-state index contributed by atoms with van der Waals surface area (Å²) in [7, 11) is 0. The van der Waals surface area contributed by atoms with E-state index >= 15 is 0 Å². The van der Waals surface area contributed by atoms with E-state index in [0.717, 1.165) is 24.4 Å². The first kappa shape index (κ1) is 16.7. The number of anilines is 1. The summed E-state index contributed by atoms with van der Waals surface area (Å²) < 4.78 is 11.3. The number of carbonyl (C=O) groups is 2. The first-order chi connectivity index (χ1) is 12.0. The van der Waals surface area contributed by atoms with Gasteiger partial charge in [-0.1, -0.05) is 0 Å². The summed E-state index contributed by atoms with van der Waals surface area (Å²) in [5, 5.41) is 11.5. The van der Waals surface area contributed by atoms with Crippen LogP contribution < -0.4 is 14.8 Å². The molecule has 3 rings (SSSR count). The molecule has 1 aromatic carbocycles. The molecule has 0 saturated heterocycles. The Morgan fingerprint density at radius 1 is 1.32 bits per heavy atom. The molecule has 8 heteroatoms. The zero-order chi connectivity index (χ0) is 18.0. The average molecular weight is 343 g/mol. The predicted molar refractivity (Wildman–Crippen MR) is 88.3 cm³/mol. The van der Waals surface area contributed by atoms with Crippen LogP contribution in [0.2, 0.25) is 0 Å². The lowest BCUT2D eigenvalue weighted by molar-refractivity contribution is 0.0689. The fraction of sp³-hybridized carbons (Fsp3) is 0.294. The molecular weight excluding hydrogens is 326 g/mol. The summed E-state index contributed by atoms with van der Waals surface area (Å²) in [6.45, 7) is 4.28. The zero-order valence-corrected chi connectivity index (χ0v) is 13.8. The number of aromatic nitrogens is 2. The van der Waals surface area contributed by atoms with Crippen molar-refractivity contribution in [2.75, 3.05) is 11.9 Å². The minimum Gasteiger partial charge on any atom is -0.492 e. The predicted octanol–water partition coefficient (Wildman–Crippen LogP) is 2.15. The Balaban J connectivity index is 1.85. The fourth-order valence-corrected chi connectivity index (χ4v) is 2.55. The van der Waals surface area contributed by atoms with Crippen LogP contribution in [-0.4, -0.2) is 39.7 Å². The van der Waals surface area contributed by atoms with Gasteiger partial charge in [-0.3, -0.25) is 4.79 Å². The van der Waals surface area contributed by atoms with Gasteiger partial charge in [-0.05, 0) is 19.9 Å². The van der Waals surface area contributed by atoms with Crippen molar-refractivity contribution in [2.45, 2.75) is 26.4 Å². The van der Waals surface area contributed by atoms with Gasteiger partial charge in [0.15, 0.2) is 5.69 Å². The Labute approximate surface area is 143 Å². The van der Waals surface area contributed by atoms with Gasteiger partial charge in [-0.15, -0.1) is 0 Å². The highest BCUT2D eigenvalue weighted by Gasteiger charge is 2.23. The van der Waals surface area contributed by atoms with E-state index in [1.807, 2.05) is 19.9 Å². The van der Waals surface area contributed by atoms with Crippen LogP contribution in [0.25, 0.3) is 0 Å². The van der Waals surface area contributed by atoms with Crippen molar-refractivity contribution < 1.29 is 24.2 Å². The van der Waals surface area contributed by atoms with Gasteiger partial charge in [0.2, 0.25) is 0 Å². The molecule has 1 aromatic heterocycles. The SMILES string of the molecule is CCOc1cc2c(cc1NC(=O)c1cnc(C(=O)O)cn1)OC(C)C2. The van der Waals surface area contributed by atoms with Crippen LogP contribution in [-0.2, 0) is 6.42 Å². The molecule has 1 unspecified atom stereocenters. The first-order valence-corrected chi connectivity index (χ1v) is 7.81. The molecule has 1 atom stereocenters. The first-order valence-electron chi connectivity index (χ1n) is 7.81. The van der Waals surface area contributed by atoms with Crippen molar-refractivity contribution in [2.24, 2.45) is 0 Å². The highest BCUT2D eigenvalue weighted by molar-refractivity contribution is 6.03. The van der Waals surface area contributed by atoms with E-state index < -0.39 is 11.9 Å². The van der Waals surface area contributed by atoms with E-state index in [-0.39, 0.29) is 17.5 Å². The molecule has 0 bridgehead atoms. The molecule has 0 spiro atoms. The van der Waals surface area contributed by atoms with Crippen LogP contribution in [0.15, 0.2) is 24.5 Å². The number of rotatable bonds is 5. The number of carbonyl (C=O) groups excluding carboxylic acids is 1. The van der Waals surface area contributed by atoms with Crippen LogP contribution in [0, 0.1) is 0 Å². The number of amides is 1. The van der Waals surface area contributed by atoms with Gasteiger partial charge in [-0.25, -0.2) is 14.8 Å². The molecule has 0 fully saturated rings. The van der Waals surface area contributed by atoms with Gasteiger partial charge in [0, 0.05) is 18.1 Å². The largest absolute Gasteiger partial charge is 0.492 e. The minimum atomic E-state index is -1.21. The second kappa shape index (κ2) is 6.76. The second-order valence-electron chi connectivity index (χ2n) is 5.57. The minimum absolute atomic E-state index is 0.00207. The molecule has 2 aromatic rings.